The van der Waals surface area contributed by atoms with E-state index >= 15 is 0 Å². The summed E-state index contributed by atoms with van der Waals surface area (Å²) in [6, 6.07) is 9.73. The molecule has 0 bridgehead atoms. The van der Waals surface area contributed by atoms with Crippen molar-refractivity contribution >= 4 is 5.78 Å². The van der Waals surface area contributed by atoms with Gasteiger partial charge in [-0.2, -0.15) is 0 Å². The minimum atomic E-state index is -0.155. The molecule has 1 aromatic carbocycles. The van der Waals surface area contributed by atoms with E-state index in [9.17, 15) is 4.79 Å². The second-order valence-electron chi connectivity index (χ2n) is 5.38. The molecule has 1 aromatic rings. The first-order chi connectivity index (χ1) is 9.17. The monoisotopic (exact) mass is 261 g/mol. The quantitative estimate of drug-likeness (QED) is 0.722. The summed E-state index contributed by atoms with van der Waals surface area (Å²) in [5.74, 6) is 0.842. The van der Waals surface area contributed by atoms with E-state index in [1.54, 1.807) is 0 Å². The summed E-state index contributed by atoms with van der Waals surface area (Å²) in [5, 5.41) is 0. The van der Waals surface area contributed by atoms with Gasteiger partial charge in [-0.15, -0.1) is 0 Å². The van der Waals surface area contributed by atoms with E-state index in [-0.39, 0.29) is 6.04 Å². The van der Waals surface area contributed by atoms with Crippen LogP contribution < -0.4 is 5.73 Å². The van der Waals surface area contributed by atoms with Gasteiger partial charge in [-0.3, -0.25) is 4.79 Å². The maximum atomic E-state index is 12.1. The van der Waals surface area contributed by atoms with Crippen molar-refractivity contribution in [3.8, 4) is 0 Å². The lowest BCUT2D eigenvalue weighted by molar-refractivity contribution is -0.120. The topological polar surface area (TPSA) is 43.1 Å². The Kier molecular flexibility index (Phi) is 7.42. The summed E-state index contributed by atoms with van der Waals surface area (Å²) in [4.78, 5) is 12.1. The molecule has 0 amide bonds. The normalized spacial score (nSPS) is 14.1. The van der Waals surface area contributed by atoms with Gasteiger partial charge in [-0.1, -0.05) is 69.9 Å². The van der Waals surface area contributed by atoms with Crippen LogP contribution in [0.2, 0.25) is 0 Å². The van der Waals surface area contributed by atoms with Crippen molar-refractivity contribution < 1.29 is 4.79 Å². The lowest BCUT2D eigenvalue weighted by atomic mass is 9.91. The highest BCUT2D eigenvalue weighted by molar-refractivity contribution is 5.79. The van der Waals surface area contributed by atoms with Crippen molar-refractivity contribution in [1.29, 1.82) is 0 Å². The Morgan fingerprint density at radius 3 is 2.42 bits per heavy atom. The smallest absolute Gasteiger partial charge is 0.135 e. The molecule has 0 radical (unpaired) electrons. The summed E-state index contributed by atoms with van der Waals surface area (Å²) < 4.78 is 0. The summed E-state index contributed by atoms with van der Waals surface area (Å²) in [5.41, 5.74) is 7.15. The molecule has 2 atom stereocenters. The highest BCUT2D eigenvalue weighted by Crippen LogP contribution is 2.21. The van der Waals surface area contributed by atoms with Crippen molar-refractivity contribution in [2.24, 2.45) is 11.7 Å². The molecule has 0 saturated carbocycles. The molecule has 0 aliphatic heterocycles. The van der Waals surface area contributed by atoms with Gasteiger partial charge >= 0.3 is 0 Å². The molecule has 19 heavy (non-hydrogen) atoms. The van der Waals surface area contributed by atoms with Crippen molar-refractivity contribution in [2.45, 2.75) is 58.4 Å². The van der Waals surface area contributed by atoms with Crippen molar-refractivity contribution in [1.82, 2.24) is 0 Å². The summed E-state index contributed by atoms with van der Waals surface area (Å²) in [7, 11) is 0. The number of rotatable bonds is 9. The first-order valence-electron chi connectivity index (χ1n) is 7.49. The number of carbonyl (C=O) groups excluding carboxylic acids is 1. The molecule has 1 rings (SSSR count). The number of ketones is 1. The summed E-state index contributed by atoms with van der Waals surface area (Å²) in [6.45, 7) is 4.37. The van der Waals surface area contributed by atoms with E-state index < -0.39 is 0 Å². The Bertz CT molecular complexity index is 361. The zero-order valence-corrected chi connectivity index (χ0v) is 12.3. The van der Waals surface area contributed by atoms with Crippen LogP contribution in [0.5, 0.6) is 0 Å². The molecule has 0 aromatic heterocycles. The predicted molar refractivity (Wildman–Crippen MR) is 80.9 cm³/mol. The molecule has 0 saturated heterocycles. The summed E-state index contributed by atoms with van der Waals surface area (Å²) in [6.07, 6.45) is 5.83. The number of benzene rings is 1. The van der Waals surface area contributed by atoms with E-state index in [1.807, 2.05) is 30.3 Å². The molecule has 0 spiro atoms. The van der Waals surface area contributed by atoms with Gasteiger partial charge in [0, 0.05) is 18.9 Å². The Labute approximate surface area is 117 Å². The van der Waals surface area contributed by atoms with E-state index in [1.165, 1.54) is 19.3 Å². The minimum Gasteiger partial charge on any atom is -0.324 e. The SMILES string of the molecule is CCCCC(CC)CC(=O)CC(N)c1ccccc1. The fourth-order valence-corrected chi connectivity index (χ4v) is 2.41. The van der Waals surface area contributed by atoms with Gasteiger partial charge in [-0.25, -0.2) is 0 Å². The fraction of sp³-hybridized carbons (Fsp3) is 0.588. The predicted octanol–water partition coefficient (Wildman–Crippen LogP) is 4.25. The van der Waals surface area contributed by atoms with E-state index in [0.717, 1.165) is 12.0 Å². The van der Waals surface area contributed by atoms with Crippen LogP contribution in [0.1, 0.15) is 64.0 Å². The van der Waals surface area contributed by atoms with E-state index in [4.69, 9.17) is 5.73 Å². The van der Waals surface area contributed by atoms with E-state index in [0.29, 0.717) is 24.5 Å². The molecule has 2 unspecified atom stereocenters. The van der Waals surface area contributed by atoms with Gasteiger partial charge in [-0.05, 0) is 11.5 Å². The zero-order valence-electron chi connectivity index (χ0n) is 12.3. The second-order valence-corrected chi connectivity index (χ2v) is 5.38. The Balaban J connectivity index is 2.41. The Morgan fingerprint density at radius 1 is 1.16 bits per heavy atom. The van der Waals surface area contributed by atoms with Gasteiger partial charge in [0.05, 0.1) is 0 Å². The molecule has 2 nitrogen and oxygen atoms in total. The Morgan fingerprint density at radius 2 is 1.84 bits per heavy atom. The highest BCUT2D eigenvalue weighted by Gasteiger charge is 2.15. The molecule has 0 aliphatic carbocycles. The first-order valence-corrected chi connectivity index (χ1v) is 7.49. The highest BCUT2D eigenvalue weighted by atomic mass is 16.1. The molecule has 0 aliphatic rings. The van der Waals surface area contributed by atoms with Crippen LogP contribution in [0.4, 0.5) is 0 Å². The second kappa shape index (κ2) is 8.87. The standard InChI is InChI=1S/C17H27NO/c1-3-5-9-14(4-2)12-16(19)13-17(18)15-10-7-6-8-11-15/h6-8,10-11,14,17H,3-5,9,12-13,18H2,1-2H3. The molecule has 0 fully saturated rings. The van der Waals surface area contributed by atoms with Crippen LogP contribution in [-0.4, -0.2) is 5.78 Å². The van der Waals surface area contributed by atoms with Gasteiger partial charge in [0.15, 0.2) is 0 Å². The van der Waals surface area contributed by atoms with Crippen molar-refractivity contribution in [3.63, 3.8) is 0 Å². The van der Waals surface area contributed by atoms with Gasteiger partial charge in [0.1, 0.15) is 5.78 Å². The molecule has 106 valence electrons. The average molecular weight is 261 g/mol. The number of Topliss-reactive ketones (excluding diaryl/α,β-unsaturated/α-hetero) is 1. The first kappa shape index (κ1) is 15.9. The Hall–Kier alpha value is -1.15. The number of hydrogen-bond donors (Lipinski definition) is 1. The molecule has 2 heteroatoms. The third-order valence-corrected chi connectivity index (χ3v) is 3.73. The zero-order chi connectivity index (χ0) is 14.1. The molecular weight excluding hydrogens is 234 g/mol. The lowest BCUT2D eigenvalue weighted by Gasteiger charge is -2.16. The largest absolute Gasteiger partial charge is 0.324 e. The van der Waals surface area contributed by atoms with Crippen LogP contribution in [0.15, 0.2) is 30.3 Å². The lowest BCUT2D eigenvalue weighted by Crippen LogP contribution is -2.17. The molecule has 2 N–H and O–H groups in total. The maximum absolute atomic E-state index is 12.1. The molecule has 0 heterocycles. The van der Waals surface area contributed by atoms with Crippen LogP contribution in [0, 0.1) is 5.92 Å². The number of hydrogen-bond acceptors (Lipinski definition) is 2. The van der Waals surface area contributed by atoms with E-state index in [2.05, 4.69) is 13.8 Å². The van der Waals surface area contributed by atoms with Gasteiger partial charge < -0.3 is 5.73 Å². The van der Waals surface area contributed by atoms with Crippen LogP contribution in [0.3, 0.4) is 0 Å². The molecular formula is C17H27NO. The van der Waals surface area contributed by atoms with Crippen LogP contribution >= 0.6 is 0 Å². The summed E-state index contributed by atoms with van der Waals surface area (Å²) >= 11 is 0. The van der Waals surface area contributed by atoms with Gasteiger partial charge in [0.25, 0.3) is 0 Å². The number of unbranched alkanes of at least 4 members (excludes halogenated alkanes) is 1. The fourth-order valence-electron chi connectivity index (χ4n) is 2.41. The third kappa shape index (κ3) is 6.02. The van der Waals surface area contributed by atoms with Gasteiger partial charge in [0.2, 0.25) is 0 Å². The average Bonchev–Trinajstić information content (AvgIpc) is 2.44. The number of carbonyl (C=O) groups is 1. The third-order valence-electron chi connectivity index (χ3n) is 3.73. The maximum Gasteiger partial charge on any atom is 0.135 e. The van der Waals surface area contributed by atoms with Crippen molar-refractivity contribution in [3.05, 3.63) is 35.9 Å². The minimum absolute atomic E-state index is 0.155. The van der Waals surface area contributed by atoms with Crippen LogP contribution in [0.25, 0.3) is 0 Å². The number of nitrogens with two attached hydrogens (primary N) is 1. The van der Waals surface area contributed by atoms with Crippen molar-refractivity contribution in [2.75, 3.05) is 0 Å². The van der Waals surface area contributed by atoms with Crippen LogP contribution in [-0.2, 0) is 4.79 Å².